The molecule has 0 saturated heterocycles. The van der Waals surface area contributed by atoms with Crippen molar-refractivity contribution >= 4 is 81.6 Å². The van der Waals surface area contributed by atoms with Gasteiger partial charge in [0.05, 0.1) is 14.6 Å². The number of halogens is 1. The predicted molar refractivity (Wildman–Crippen MR) is 298 cm³/mol. The van der Waals surface area contributed by atoms with Crippen LogP contribution in [0.2, 0.25) is 54.4 Å². The minimum atomic E-state index is -1.62. The molecule has 4 nitrogen and oxygen atoms in total. The molecule has 0 atom stereocenters. The van der Waals surface area contributed by atoms with Gasteiger partial charge in [0, 0.05) is 64.4 Å². The molecule has 0 amide bonds. The van der Waals surface area contributed by atoms with Crippen molar-refractivity contribution < 1.29 is 18.4 Å². The molecule has 0 aliphatic heterocycles. The van der Waals surface area contributed by atoms with E-state index < -0.39 is 25.0 Å². The Bertz CT molecular complexity index is 1880. The molecule has 0 spiro atoms. The van der Waals surface area contributed by atoms with Gasteiger partial charge in [-0.1, -0.05) is 105 Å². The van der Waals surface area contributed by atoms with Gasteiger partial charge in [-0.3, -0.25) is 0 Å². The van der Waals surface area contributed by atoms with Gasteiger partial charge in [-0.25, -0.2) is 0 Å². The standard InChI is InChI=1S/C17H28OSSi.C16H25IOSSi.C16H26OSSi.CH4O.CH4/c1-13-14(2)16(19-15(13)3)11-9-10-12-18-20(7,8)17(4,5)6;1-12-13(2)19-14(15(12)17)10-8-9-11-18-20(6,7)16(3,4)5;1-13-12-15(18-14(13)2)10-8-9-11-17-19(6,7)16(3,4)5;1-2;/h10,12H2,1-8H3;9,11H2,1-7H3;12H,9,11H2,1-7H3;2H,1H3;1H4. The van der Waals surface area contributed by atoms with Gasteiger partial charge >= 0.3 is 0 Å². The summed E-state index contributed by atoms with van der Waals surface area (Å²) in [5, 5.41) is 7.83. The van der Waals surface area contributed by atoms with Crippen LogP contribution in [0.15, 0.2) is 6.07 Å². The second-order valence-corrected chi connectivity index (χ2v) is 39.2. The summed E-state index contributed by atoms with van der Waals surface area (Å²) in [6.07, 6.45) is 2.46. The minimum absolute atomic E-state index is 0. The summed E-state index contributed by atoms with van der Waals surface area (Å²) in [6, 6.07) is 2.17. The summed E-state index contributed by atoms with van der Waals surface area (Å²) in [5.41, 5.74) is 5.44. The summed E-state index contributed by atoms with van der Waals surface area (Å²) >= 11 is 7.77. The summed E-state index contributed by atoms with van der Waals surface area (Å²) in [6.45, 7) is 51.5. The number of aliphatic hydroxyl groups excluding tert-OH is 1. The molecule has 0 fully saturated rings. The van der Waals surface area contributed by atoms with E-state index in [1.807, 2.05) is 0 Å². The van der Waals surface area contributed by atoms with E-state index in [-0.39, 0.29) is 22.5 Å². The molecular formula is C51H87IO4S3Si3. The van der Waals surface area contributed by atoms with Gasteiger partial charge in [-0.05, 0) is 154 Å². The van der Waals surface area contributed by atoms with E-state index in [2.05, 4.69) is 214 Å². The number of hydrogen-bond acceptors (Lipinski definition) is 7. The molecule has 62 heavy (non-hydrogen) atoms. The lowest BCUT2D eigenvalue weighted by Gasteiger charge is -2.35. The molecule has 0 aromatic carbocycles. The van der Waals surface area contributed by atoms with Crippen molar-refractivity contribution in [2.24, 2.45) is 0 Å². The molecule has 0 unspecified atom stereocenters. The van der Waals surface area contributed by atoms with E-state index in [4.69, 9.17) is 18.4 Å². The van der Waals surface area contributed by atoms with Gasteiger partial charge in [0.2, 0.25) is 0 Å². The van der Waals surface area contributed by atoms with Crippen LogP contribution in [-0.2, 0) is 13.3 Å². The number of hydrogen-bond donors (Lipinski definition) is 1. The summed E-state index contributed by atoms with van der Waals surface area (Å²) in [4.78, 5) is 7.70. The fraction of sp³-hybridized carbons (Fsp3) is 0.647. The van der Waals surface area contributed by atoms with Crippen molar-refractivity contribution in [1.29, 1.82) is 0 Å². The number of rotatable bonds is 9. The van der Waals surface area contributed by atoms with Crippen molar-refractivity contribution in [1.82, 2.24) is 0 Å². The molecule has 0 bridgehead atoms. The maximum Gasteiger partial charge on any atom is 0.192 e. The van der Waals surface area contributed by atoms with Crippen LogP contribution in [0.4, 0.5) is 0 Å². The molecule has 3 heterocycles. The molecule has 3 rings (SSSR count). The highest BCUT2D eigenvalue weighted by atomic mass is 127. The highest BCUT2D eigenvalue weighted by Gasteiger charge is 2.38. The quantitative estimate of drug-likeness (QED) is 0.100. The zero-order chi connectivity index (χ0) is 47.8. The molecule has 352 valence electrons. The topological polar surface area (TPSA) is 47.9 Å². The zero-order valence-electron chi connectivity index (χ0n) is 42.6. The van der Waals surface area contributed by atoms with Crippen molar-refractivity contribution in [3.63, 3.8) is 0 Å². The largest absolute Gasteiger partial charge is 0.416 e. The molecular weight excluding hydrogens is 984 g/mol. The van der Waals surface area contributed by atoms with Crippen LogP contribution in [0.1, 0.15) is 141 Å². The Kier molecular flexibility index (Phi) is 28.1. The van der Waals surface area contributed by atoms with E-state index in [1.54, 1.807) is 34.0 Å². The Morgan fingerprint density at radius 1 is 0.516 bits per heavy atom. The summed E-state index contributed by atoms with van der Waals surface area (Å²) < 4.78 is 19.7. The lowest BCUT2D eigenvalue weighted by atomic mass is 10.1. The summed E-state index contributed by atoms with van der Waals surface area (Å²) in [7, 11) is -3.84. The van der Waals surface area contributed by atoms with Crippen LogP contribution >= 0.6 is 56.6 Å². The lowest BCUT2D eigenvalue weighted by molar-refractivity contribution is 0.296. The van der Waals surface area contributed by atoms with E-state index in [9.17, 15) is 0 Å². The Labute approximate surface area is 412 Å². The highest BCUT2D eigenvalue weighted by molar-refractivity contribution is 14.1. The third kappa shape index (κ3) is 21.1. The average Bonchev–Trinajstić information content (AvgIpc) is 3.69. The number of aliphatic hydroxyl groups is 1. The maximum absolute atomic E-state index is 7.00. The van der Waals surface area contributed by atoms with Crippen molar-refractivity contribution in [2.45, 2.75) is 192 Å². The smallest absolute Gasteiger partial charge is 0.192 e. The van der Waals surface area contributed by atoms with Crippen LogP contribution in [0.3, 0.4) is 0 Å². The summed E-state index contributed by atoms with van der Waals surface area (Å²) in [5.74, 6) is 19.6. The Balaban J connectivity index is 0. The molecule has 11 heteroatoms. The Morgan fingerprint density at radius 3 is 1.15 bits per heavy atom. The second kappa shape index (κ2) is 27.6. The molecule has 3 aromatic heterocycles. The maximum atomic E-state index is 7.00. The van der Waals surface area contributed by atoms with E-state index >= 15 is 0 Å². The fourth-order valence-corrected chi connectivity index (χ4v) is 11.4. The zero-order valence-corrected chi connectivity index (χ0v) is 50.2. The third-order valence-corrected chi connectivity index (χ3v) is 31.0. The van der Waals surface area contributed by atoms with Gasteiger partial charge in [0.25, 0.3) is 0 Å². The highest BCUT2D eigenvalue weighted by Crippen LogP contribution is 2.38. The van der Waals surface area contributed by atoms with Crippen molar-refractivity contribution in [3.8, 4) is 35.5 Å². The van der Waals surface area contributed by atoms with Gasteiger partial charge in [0.15, 0.2) is 25.0 Å². The first-order valence-corrected chi connectivity index (χ1v) is 33.7. The lowest BCUT2D eigenvalue weighted by Crippen LogP contribution is -2.40. The van der Waals surface area contributed by atoms with Crippen molar-refractivity contribution in [2.75, 3.05) is 26.9 Å². The second-order valence-electron chi connectivity index (χ2n) is 20.0. The van der Waals surface area contributed by atoms with Crippen LogP contribution in [0, 0.1) is 87.6 Å². The molecule has 3 aromatic rings. The molecule has 0 radical (unpaired) electrons. The fourth-order valence-electron chi connectivity index (χ4n) is 4.33. The normalized spacial score (nSPS) is 11.7. The van der Waals surface area contributed by atoms with Gasteiger partial charge in [-0.15, -0.1) is 34.0 Å². The molecule has 1 N–H and O–H groups in total. The van der Waals surface area contributed by atoms with E-state index in [0.29, 0.717) is 0 Å². The SMILES string of the molecule is C.CO.Cc1cc(C#CCCO[Si](C)(C)C(C)(C)C)sc1C.Cc1sc(C#CCCO[Si](C)(C)C(C)(C)C)c(C)c1C.Cc1sc(C#CCCO[Si](C)(C)C(C)(C)C)c(I)c1C. The Morgan fingerprint density at radius 2 is 0.855 bits per heavy atom. The first kappa shape index (κ1) is 63.1. The average molecular weight is 1070 g/mol. The number of aryl methyl sites for hydroxylation is 4. The first-order valence-electron chi connectivity index (χ1n) is 21.5. The van der Waals surface area contributed by atoms with Crippen LogP contribution < -0.4 is 0 Å². The van der Waals surface area contributed by atoms with Crippen LogP contribution in [-0.4, -0.2) is 57.0 Å². The van der Waals surface area contributed by atoms with E-state index in [1.165, 1.54) is 55.1 Å². The predicted octanol–water partition coefficient (Wildman–Crippen LogP) is 16.5. The number of thiophene rings is 3. The first-order chi connectivity index (χ1) is 27.8. The monoisotopic (exact) mass is 1070 g/mol. The minimum Gasteiger partial charge on any atom is -0.416 e. The molecule has 0 aliphatic rings. The van der Waals surface area contributed by atoms with Crippen LogP contribution in [0.5, 0.6) is 0 Å². The van der Waals surface area contributed by atoms with E-state index in [0.717, 1.165) is 46.2 Å². The Hall–Kier alpha value is -0.999. The van der Waals surface area contributed by atoms with Crippen molar-refractivity contribution in [3.05, 3.63) is 61.2 Å². The molecule has 0 saturated carbocycles. The third-order valence-electron chi connectivity index (χ3n) is 12.3. The van der Waals surface area contributed by atoms with Gasteiger partial charge < -0.3 is 18.4 Å². The van der Waals surface area contributed by atoms with Gasteiger partial charge in [-0.2, -0.15) is 0 Å². The van der Waals surface area contributed by atoms with Gasteiger partial charge in [0.1, 0.15) is 0 Å². The van der Waals surface area contributed by atoms with Crippen LogP contribution in [0.25, 0.3) is 0 Å². The molecule has 0 aliphatic carbocycles.